The summed E-state index contributed by atoms with van der Waals surface area (Å²) in [6.07, 6.45) is -4.44. The molecule has 48 heavy (non-hydrogen) atoms. The number of alkyl halides is 2. The van der Waals surface area contributed by atoms with E-state index in [2.05, 4.69) is 20.7 Å². The molecule has 2 aromatic carbocycles. The van der Waals surface area contributed by atoms with Crippen molar-refractivity contribution in [2.24, 2.45) is 5.92 Å². The van der Waals surface area contributed by atoms with Gasteiger partial charge in [-0.15, -0.1) is 0 Å². The second-order valence-corrected chi connectivity index (χ2v) is 12.6. The molecule has 4 amide bonds. The predicted octanol–water partition coefficient (Wildman–Crippen LogP) is 2.98. The maximum Gasteiger partial charge on any atom is 0.408 e. The van der Waals surface area contributed by atoms with Gasteiger partial charge in [0.1, 0.15) is 24.7 Å². The van der Waals surface area contributed by atoms with Crippen LogP contribution in [0.15, 0.2) is 54.6 Å². The number of likely N-dealkylation sites (tertiary alicyclic amines) is 1. The highest BCUT2D eigenvalue weighted by atomic mass is 19.3. The van der Waals surface area contributed by atoms with Gasteiger partial charge in [-0.05, 0) is 56.9 Å². The van der Waals surface area contributed by atoms with E-state index in [1.807, 2.05) is 19.9 Å². The molecule has 0 spiro atoms. The van der Waals surface area contributed by atoms with Crippen LogP contribution in [0.5, 0.6) is 0 Å². The molecule has 0 aromatic heterocycles. The Hall–Kier alpha value is -4.59. The summed E-state index contributed by atoms with van der Waals surface area (Å²) in [4.78, 5) is 65.8. The summed E-state index contributed by atoms with van der Waals surface area (Å²) >= 11 is 0. The summed E-state index contributed by atoms with van der Waals surface area (Å²) in [5, 5.41) is 7.55. The molecule has 0 unspecified atom stereocenters. The number of methoxy groups -OCH3 is 1. The fraction of sp³-hybridized carbons (Fsp3) is 0.500. The number of rotatable bonds is 13. The van der Waals surface area contributed by atoms with E-state index in [9.17, 15) is 32.8 Å². The maximum absolute atomic E-state index is 13.8. The third-order valence-corrected chi connectivity index (χ3v) is 8.40. The normalized spacial score (nSPS) is 20.7. The van der Waals surface area contributed by atoms with E-state index in [1.54, 1.807) is 48.5 Å². The number of ether oxygens (including phenoxy) is 3. The number of halogens is 2. The van der Waals surface area contributed by atoms with Crippen molar-refractivity contribution in [1.29, 1.82) is 0 Å². The van der Waals surface area contributed by atoms with Crippen LogP contribution in [-0.2, 0) is 41.6 Å². The Kier molecular flexibility index (Phi) is 12.1. The minimum absolute atomic E-state index is 0.00926. The molecule has 12 nitrogen and oxygen atoms in total. The number of carbonyl (C=O) groups is 5. The SMILES string of the molecule is COC(=O)c1ccc(CCNC(=O)[C@H](CC(F)F)NC(=O)[C@@H]2[C@H]3CC(C)(C)O[C@H]3CN2C(=O)[C@H](C)NC(=O)OCc2ccccc2)cc1. The highest BCUT2D eigenvalue weighted by Crippen LogP contribution is 2.43. The molecule has 2 heterocycles. The zero-order chi connectivity index (χ0) is 35.0. The fourth-order valence-corrected chi connectivity index (χ4v) is 6.13. The largest absolute Gasteiger partial charge is 0.465 e. The van der Waals surface area contributed by atoms with Gasteiger partial charge in [-0.25, -0.2) is 18.4 Å². The van der Waals surface area contributed by atoms with Crippen LogP contribution in [0.4, 0.5) is 13.6 Å². The second-order valence-electron chi connectivity index (χ2n) is 12.6. The molecule has 0 bridgehead atoms. The molecule has 0 aliphatic carbocycles. The number of carbonyl (C=O) groups excluding carboxylic acids is 5. The lowest BCUT2D eigenvalue weighted by atomic mass is 9.89. The molecule has 260 valence electrons. The van der Waals surface area contributed by atoms with Gasteiger partial charge in [-0.3, -0.25) is 14.4 Å². The van der Waals surface area contributed by atoms with Crippen LogP contribution in [0.2, 0.25) is 0 Å². The minimum Gasteiger partial charge on any atom is -0.465 e. The number of fused-ring (bicyclic) bond motifs is 1. The van der Waals surface area contributed by atoms with E-state index >= 15 is 0 Å². The van der Waals surface area contributed by atoms with Gasteiger partial charge in [-0.2, -0.15) is 0 Å². The Balaban J connectivity index is 1.40. The molecule has 4 rings (SSSR count). The monoisotopic (exact) mass is 672 g/mol. The van der Waals surface area contributed by atoms with Gasteiger partial charge in [0.2, 0.25) is 24.1 Å². The fourth-order valence-electron chi connectivity index (χ4n) is 6.13. The average molecular weight is 673 g/mol. The first kappa shape index (κ1) is 36.2. The van der Waals surface area contributed by atoms with Crippen LogP contribution in [-0.4, -0.2) is 91.1 Å². The summed E-state index contributed by atoms with van der Waals surface area (Å²) < 4.78 is 43.2. The number of esters is 1. The van der Waals surface area contributed by atoms with Crippen LogP contribution in [0.25, 0.3) is 0 Å². The molecular weight excluding hydrogens is 630 g/mol. The quantitative estimate of drug-likeness (QED) is 0.275. The van der Waals surface area contributed by atoms with Gasteiger partial charge in [0.15, 0.2) is 0 Å². The number of nitrogens with one attached hydrogen (secondary N) is 3. The standard InChI is InChI=1S/C34H42F2N4O8/c1-20(38-33(45)47-19-22-8-6-5-7-9-22)31(43)40-18-26-24(17-34(2,3)48-26)28(40)30(42)39-25(16-27(35)36)29(41)37-15-14-21-10-12-23(13-11-21)32(44)46-4/h5-13,20,24-28H,14-19H2,1-4H3,(H,37,41)(H,38,45)(H,39,42)/t20-,24-,25-,26-,28-/m0/s1. The molecule has 2 aliphatic rings. The molecule has 2 fully saturated rings. The van der Waals surface area contributed by atoms with Crippen molar-refractivity contribution >= 4 is 29.8 Å². The van der Waals surface area contributed by atoms with Crippen molar-refractivity contribution in [2.45, 2.75) is 82.9 Å². The molecular formula is C34H42F2N4O8. The summed E-state index contributed by atoms with van der Waals surface area (Å²) in [6, 6.07) is 11.7. The van der Waals surface area contributed by atoms with Crippen molar-refractivity contribution < 1.29 is 47.0 Å². The summed E-state index contributed by atoms with van der Waals surface area (Å²) in [5.41, 5.74) is 1.30. The van der Waals surface area contributed by atoms with E-state index in [-0.39, 0.29) is 19.7 Å². The Bertz CT molecular complexity index is 1460. The summed E-state index contributed by atoms with van der Waals surface area (Å²) in [5.74, 6) is -3.12. The van der Waals surface area contributed by atoms with Crippen LogP contribution in [0.3, 0.4) is 0 Å². The Morgan fingerprint density at radius 1 is 1.00 bits per heavy atom. The van der Waals surface area contributed by atoms with E-state index in [4.69, 9.17) is 9.47 Å². The summed E-state index contributed by atoms with van der Waals surface area (Å²) in [6.45, 7) is 5.28. The molecule has 2 aromatic rings. The first-order chi connectivity index (χ1) is 22.8. The number of hydrogen-bond acceptors (Lipinski definition) is 8. The number of nitrogens with zero attached hydrogens (tertiary/aromatic N) is 1. The number of hydrogen-bond donors (Lipinski definition) is 3. The molecule has 5 atom stereocenters. The van der Waals surface area contributed by atoms with Gasteiger partial charge < -0.3 is 35.1 Å². The van der Waals surface area contributed by atoms with Crippen LogP contribution in [0.1, 0.15) is 55.1 Å². The van der Waals surface area contributed by atoms with Crippen LogP contribution >= 0.6 is 0 Å². The van der Waals surface area contributed by atoms with E-state index in [0.29, 0.717) is 18.4 Å². The van der Waals surface area contributed by atoms with Gasteiger partial charge in [0.05, 0.1) is 24.4 Å². The van der Waals surface area contributed by atoms with Gasteiger partial charge in [0, 0.05) is 25.4 Å². The topological polar surface area (TPSA) is 152 Å². The molecule has 0 radical (unpaired) electrons. The smallest absolute Gasteiger partial charge is 0.408 e. The lowest BCUT2D eigenvalue weighted by Gasteiger charge is -2.31. The van der Waals surface area contributed by atoms with Crippen molar-refractivity contribution in [3.8, 4) is 0 Å². The highest BCUT2D eigenvalue weighted by molar-refractivity contribution is 5.94. The van der Waals surface area contributed by atoms with Crippen molar-refractivity contribution in [3.05, 3.63) is 71.3 Å². The van der Waals surface area contributed by atoms with Crippen molar-refractivity contribution in [3.63, 3.8) is 0 Å². The van der Waals surface area contributed by atoms with Gasteiger partial charge in [0.25, 0.3) is 0 Å². The molecule has 2 saturated heterocycles. The lowest BCUT2D eigenvalue weighted by Crippen LogP contribution is -2.57. The first-order valence-electron chi connectivity index (χ1n) is 15.8. The van der Waals surface area contributed by atoms with E-state index in [1.165, 1.54) is 18.9 Å². The first-order valence-corrected chi connectivity index (χ1v) is 15.8. The Morgan fingerprint density at radius 3 is 2.33 bits per heavy atom. The Labute approximate surface area is 277 Å². The molecule has 14 heteroatoms. The average Bonchev–Trinajstić information content (AvgIpc) is 3.54. The lowest BCUT2D eigenvalue weighted by molar-refractivity contribution is -0.142. The number of benzene rings is 2. The maximum atomic E-state index is 13.8. The third-order valence-electron chi connectivity index (χ3n) is 8.40. The highest BCUT2D eigenvalue weighted by Gasteiger charge is 2.56. The number of alkyl carbamates (subject to hydrolysis) is 1. The van der Waals surface area contributed by atoms with Crippen LogP contribution in [0, 0.1) is 5.92 Å². The second kappa shape index (κ2) is 16.0. The minimum atomic E-state index is -2.90. The van der Waals surface area contributed by atoms with Crippen molar-refractivity contribution in [2.75, 3.05) is 20.2 Å². The third kappa shape index (κ3) is 9.49. The molecule has 2 aliphatic heterocycles. The zero-order valence-corrected chi connectivity index (χ0v) is 27.4. The molecule has 0 saturated carbocycles. The van der Waals surface area contributed by atoms with Gasteiger partial charge >= 0.3 is 12.1 Å². The van der Waals surface area contributed by atoms with E-state index < -0.39 is 78.4 Å². The number of amides is 4. The molecule has 3 N–H and O–H groups in total. The predicted molar refractivity (Wildman–Crippen MR) is 169 cm³/mol. The van der Waals surface area contributed by atoms with E-state index in [0.717, 1.165) is 11.1 Å². The zero-order valence-electron chi connectivity index (χ0n) is 27.4. The Morgan fingerprint density at radius 2 is 1.69 bits per heavy atom. The van der Waals surface area contributed by atoms with Crippen molar-refractivity contribution in [1.82, 2.24) is 20.9 Å². The van der Waals surface area contributed by atoms with Crippen LogP contribution < -0.4 is 16.0 Å². The van der Waals surface area contributed by atoms with Gasteiger partial charge in [-0.1, -0.05) is 42.5 Å². The summed E-state index contributed by atoms with van der Waals surface area (Å²) in [7, 11) is 1.27.